The Morgan fingerprint density at radius 1 is 0.591 bits per heavy atom. The summed E-state index contributed by atoms with van der Waals surface area (Å²) in [6, 6.07) is 26.9. The summed E-state index contributed by atoms with van der Waals surface area (Å²) in [5, 5.41) is 0. The van der Waals surface area contributed by atoms with Crippen LogP contribution in [0.15, 0.2) is 78.9 Å². The number of nitrogen functional groups attached to an aromatic ring is 1. The van der Waals surface area contributed by atoms with Crippen LogP contribution in [0.2, 0.25) is 0 Å². The Balaban J connectivity index is 0.000000174. The van der Waals surface area contributed by atoms with Crippen molar-refractivity contribution in [3.63, 3.8) is 0 Å². The van der Waals surface area contributed by atoms with E-state index in [0.29, 0.717) is 0 Å². The molecule has 110 valence electrons. The van der Waals surface area contributed by atoms with Crippen molar-refractivity contribution in [2.75, 3.05) is 5.73 Å². The first kappa shape index (κ1) is 14.4. The number of benzene rings is 3. The lowest BCUT2D eigenvalue weighted by molar-refractivity contribution is 0.660. The van der Waals surface area contributed by atoms with Crippen molar-refractivity contribution in [2.45, 2.75) is 19.3 Å². The van der Waals surface area contributed by atoms with Crippen molar-refractivity contribution in [1.29, 1.82) is 0 Å². The molecule has 0 unspecified atom stereocenters. The molecular formula is C21H21N. The SMILES string of the molecule is CC1(C)c2ccccc2-c2ccccc21.Nc1ccccc1. The van der Waals surface area contributed by atoms with Gasteiger partial charge in [-0.1, -0.05) is 80.6 Å². The minimum Gasteiger partial charge on any atom is -0.399 e. The fraction of sp³-hybridized carbons (Fsp3) is 0.143. The zero-order valence-electron chi connectivity index (χ0n) is 13.1. The third kappa shape index (κ3) is 2.50. The van der Waals surface area contributed by atoms with Crippen molar-refractivity contribution < 1.29 is 0 Å². The van der Waals surface area contributed by atoms with Gasteiger partial charge in [-0.3, -0.25) is 0 Å². The lowest BCUT2D eigenvalue weighted by Gasteiger charge is -2.20. The van der Waals surface area contributed by atoms with Crippen LogP contribution in [0, 0.1) is 0 Å². The van der Waals surface area contributed by atoms with Crippen LogP contribution in [-0.2, 0) is 5.41 Å². The van der Waals surface area contributed by atoms with Crippen LogP contribution in [0.1, 0.15) is 25.0 Å². The van der Waals surface area contributed by atoms with Crippen LogP contribution in [0.3, 0.4) is 0 Å². The Hall–Kier alpha value is -2.54. The number of anilines is 1. The molecule has 22 heavy (non-hydrogen) atoms. The predicted octanol–water partition coefficient (Wildman–Crippen LogP) is 5.26. The van der Waals surface area contributed by atoms with Crippen molar-refractivity contribution in [3.05, 3.63) is 90.0 Å². The second kappa shape index (κ2) is 5.69. The van der Waals surface area contributed by atoms with E-state index in [9.17, 15) is 0 Å². The van der Waals surface area contributed by atoms with Crippen molar-refractivity contribution in [3.8, 4) is 11.1 Å². The van der Waals surface area contributed by atoms with E-state index in [-0.39, 0.29) is 5.41 Å². The molecule has 4 rings (SSSR count). The highest BCUT2D eigenvalue weighted by Crippen LogP contribution is 2.47. The number of para-hydroxylation sites is 1. The smallest absolute Gasteiger partial charge is 0.0313 e. The van der Waals surface area contributed by atoms with Gasteiger partial charge in [-0.05, 0) is 34.4 Å². The van der Waals surface area contributed by atoms with Gasteiger partial charge in [0.15, 0.2) is 0 Å². The predicted molar refractivity (Wildman–Crippen MR) is 94.9 cm³/mol. The van der Waals surface area contributed by atoms with Crippen LogP contribution < -0.4 is 5.73 Å². The quantitative estimate of drug-likeness (QED) is 0.561. The van der Waals surface area contributed by atoms with E-state index < -0.39 is 0 Å². The maximum Gasteiger partial charge on any atom is 0.0313 e. The average molecular weight is 287 g/mol. The summed E-state index contributed by atoms with van der Waals surface area (Å²) in [6.07, 6.45) is 0. The maximum absolute atomic E-state index is 5.36. The summed E-state index contributed by atoms with van der Waals surface area (Å²) in [5.74, 6) is 0. The van der Waals surface area contributed by atoms with E-state index >= 15 is 0 Å². The van der Waals surface area contributed by atoms with Crippen molar-refractivity contribution >= 4 is 5.69 Å². The number of rotatable bonds is 0. The second-order valence-electron chi connectivity index (χ2n) is 6.13. The zero-order valence-corrected chi connectivity index (χ0v) is 13.1. The highest BCUT2D eigenvalue weighted by molar-refractivity contribution is 5.80. The third-order valence-corrected chi connectivity index (χ3v) is 4.29. The molecule has 0 saturated heterocycles. The molecule has 0 fully saturated rings. The first-order chi connectivity index (χ1) is 10.6. The minimum absolute atomic E-state index is 0.160. The van der Waals surface area contributed by atoms with Crippen molar-refractivity contribution in [1.82, 2.24) is 0 Å². The summed E-state index contributed by atoms with van der Waals surface area (Å²) >= 11 is 0. The Morgan fingerprint density at radius 3 is 1.41 bits per heavy atom. The first-order valence-electron chi connectivity index (χ1n) is 7.60. The van der Waals surface area contributed by atoms with E-state index in [0.717, 1.165) is 5.69 Å². The summed E-state index contributed by atoms with van der Waals surface area (Å²) in [6.45, 7) is 4.61. The molecule has 0 radical (unpaired) electrons. The minimum atomic E-state index is 0.160. The summed E-state index contributed by atoms with van der Waals surface area (Å²) in [5.41, 5.74) is 12.0. The van der Waals surface area contributed by atoms with Gasteiger partial charge in [0.1, 0.15) is 0 Å². The molecule has 2 N–H and O–H groups in total. The van der Waals surface area contributed by atoms with E-state index in [1.165, 1.54) is 22.3 Å². The van der Waals surface area contributed by atoms with Gasteiger partial charge in [-0.25, -0.2) is 0 Å². The first-order valence-corrected chi connectivity index (χ1v) is 7.60. The normalized spacial score (nSPS) is 13.5. The molecular weight excluding hydrogens is 266 g/mol. The van der Waals surface area contributed by atoms with Crippen LogP contribution in [0.5, 0.6) is 0 Å². The number of hydrogen-bond donors (Lipinski definition) is 1. The molecule has 1 nitrogen and oxygen atoms in total. The Labute approximate surface area is 132 Å². The number of fused-ring (bicyclic) bond motifs is 3. The summed E-state index contributed by atoms with van der Waals surface area (Å²) in [4.78, 5) is 0. The molecule has 0 aromatic heterocycles. The van der Waals surface area contributed by atoms with Crippen LogP contribution >= 0.6 is 0 Å². The van der Waals surface area contributed by atoms with Gasteiger partial charge >= 0.3 is 0 Å². The van der Waals surface area contributed by atoms with Gasteiger partial charge < -0.3 is 5.73 Å². The van der Waals surface area contributed by atoms with Gasteiger partial charge in [0.05, 0.1) is 0 Å². The lowest BCUT2D eigenvalue weighted by Crippen LogP contribution is -2.14. The highest BCUT2D eigenvalue weighted by Gasteiger charge is 2.34. The Bertz CT molecular complexity index is 725. The van der Waals surface area contributed by atoms with E-state index in [1.54, 1.807) is 0 Å². The average Bonchev–Trinajstić information content (AvgIpc) is 2.78. The maximum atomic E-state index is 5.36. The highest BCUT2D eigenvalue weighted by atomic mass is 14.5. The molecule has 3 aromatic rings. The standard InChI is InChI=1S/C15H14.C6H7N/c1-15(2)13-9-5-3-7-11(13)12-8-4-6-10-14(12)15;7-6-4-2-1-3-5-6/h3-10H,1-2H3;1-5H,7H2. The van der Waals surface area contributed by atoms with Crippen LogP contribution in [0.4, 0.5) is 5.69 Å². The third-order valence-electron chi connectivity index (χ3n) is 4.29. The van der Waals surface area contributed by atoms with Gasteiger partial charge in [0.2, 0.25) is 0 Å². The molecule has 0 saturated carbocycles. The fourth-order valence-corrected chi connectivity index (χ4v) is 3.12. The van der Waals surface area contributed by atoms with E-state index in [1.807, 2.05) is 30.3 Å². The zero-order chi connectivity index (χ0) is 15.6. The lowest BCUT2D eigenvalue weighted by atomic mass is 9.82. The van der Waals surface area contributed by atoms with Gasteiger partial charge in [-0.2, -0.15) is 0 Å². The molecule has 0 heterocycles. The molecule has 0 spiro atoms. The van der Waals surface area contributed by atoms with E-state index in [4.69, 9.17) is 5.73 Å². The largest absolute Gasteiger partial charge is 0.399 e. The molecule has 1 heteroatoms. The molecule has 1 aliphatic carbocycles. The molecule has 0 amide bonds. The Kier molecular flexibility index (Phi) is 3.72. The van der Waals surface area contributed by atoms with Crippen molar-refractivity contribution in [2.24, 2.45) is 0 Å². The second-order valence-corrected chi connectivity index (χ2v) is 6.13. The summed E-state index contributed by atoms with van der Waals surface area (Å²) in [7, 11) is 0. The summed E-state index contributed by atoms with van der Waals surface area (Å²) < 4.78 is 0. The fourth-order valence-electron chi connectivity index (χ4n) is 3.12. The molecule has 0 aliphatic heterocycles. The Morgan fingerprint density at radius 2 is 1.00 bits per heavy atom. The molecule has 1 aliphatic rings. The van der Waals surface area contributed by atoms with Gasteiger partial charge in [0.25, 0.3) is 0 Å². The van der Waals surface area contributed by atoms with Crippen LogP contribution in [-0.4, -0.2) is 0 Å². The molecule has 0 bridgehead atoms. The monoisotopic (exact) mass is 287 g/mol. The van der Waals surface area contributed by atoms with Gasteiger partial charge in [-0.15, -0.1) is 0 Å². The number of nitrogens with two attached hydrogens (primary N) is 1. The van der Waals surface area contributed by atoms with Gasteiger partial charge in [0, 0.05) is 11.1 Å². The van der Waals surface area contributed by atoms with E-state index in [2.05, 4.69) is 62.4 Å². The number of hydrogen-bond acceptors (Lipinski definition) is 1. The topological polar surface area (TPSA) is 26.0 Å². The molecule has 0 atom stereocenters. The van der Waals surface area contributed by atoms with Crippen LogP contribution in [0.25, 0.3) is 11.1 Å². The molecule has 3 aromatic carbocycles.